The van der Waals surface area contributed by atoms with Gasteiger partial charge in [0.25, 0.3) is 0 Å². The molecule has 0 aliphatic carbocycles. The van der Waals surface area contributed by atoms with Crippen LogP contribution in [0.15, 0.2) is 0 Å². The minimum atomic E-state index is -0.586. The highest BCUT2D eigenvalue weighted by Gasteiger charge is 2.26. The molecule has 0 saturated carbocycles. The lowest BCUT2D eigenvalue weighted by atomic mass is 9.98. The Morgan fingerprint density at radius 2 is 1.79 bits per heavy atom. The average Bonchev–Trinajstić information content (AvgIpc) is 2.35. The van der Waals surface area contributed by atoms with Gasteiger partial charge in [0.1, 0.15) is 0 Å². The van der Waals surface area contributed by atoms with Gasteiger partial charge in [0, 0.05) is 6.54 Å². The molecule has 2 N–H and O–H groups in total. The summed E-state index contributed by atoms with van der Waals surface area (Å²) in [7, 11) is 1.33. The molecule has 2 unspecified atom stereocenters. The van der Waals surface area contributed by atoms with Crippen LogP contribution in [-0.2, 0) is 4.74 Å². The van der Waals surface area contributed by atoms with E-state index in [1.165, 1.54) is 7.11 Å². The topological polar surface area (TPSA) is 61.8 Å². The van der Waals surface area contributed by atoms with Gasteiger partial charge in [-0.3, -0.25) is 0 Å². The van der Waals surface area contributed by atoms with Crippen LogP contribution in [0.2, 0.25) is 0 Å². The third-order valence-corrected chi connectivity index (χ3v) is 3.13. The number of hydrogen-bond donors (Lipinski definition) is 2. The zero-order chi connectivity index (χ0) is 14.8. The van der Waals surface area contributed by atoms with Crippen molar-refractivity contribution in [1.29, 1.82) is 0 Å². The Kier molecular flexibility index (Phi) is 9.61. The molecule has 0 aromatic carbocycles. The Bertz CT molecular complexity index is 241. The molecule has 0 bridgehead atoms. The lowest BCUT2D eigenvalue weighted by Gasteiger charge is -2.31. The minimum absolute atomic E-state index is 0.152. The molecule has 0 spiro atoms. The smallest absolute Gasteiger partial charge is 0.407 e. The average molecular weight is 274 g/mol. The van der Waals surface area contributed by atoms with Crippen LogP contribution in [-0.4, -0.2) is 55.0 Å². The maximum Gasteiger partial charge on any atom is 0.407 e. The van der Waals surface area contributed by atoms with E-state index in [0.717, 1.165) is 25.9 Å². The van der Waals surface area contributed by atoms with Gasteiger partial charge in [-0.2, -0.15) is 0 Å². The van der Waals surface area contributed by atoms with E-state index in [-0.39, 0.29) is 12.0 Å². The number of nitrogens with zero attached hydrogens (tertiary/aromatic N) is 1. The van der Waals surface area contributed by atoms with Gasteiger partial charge in [0.2, 0.25) is 0 Å². The minimum Gasteiger partial charge on any atom is -0.453 e. The molecule has 19 heavy (non-hydrogen) atoms. The van der Waals surface area contributed by atoms with E-state index in [0.29, 0.717) is 6.54 Å². The Balaban J connectivity index is 4.51. The van der Waals surface area contributed by atoms with Crippen molar-refractivity contribution in [3.8, 4) is 0 Å². The van der Waals surface area contributed by atoms with Gasteiger partial charge in [-0.1, -0.05) is 27.7 Å². The first-order chi connectivity index (χ1) is 8.96. The fourth-order valence-corrected chi connectivity index (χ4v) is 2.21. The van der Waals surface area contributed by atoms with Crippen molar-refractivity contribution in [2.45, 2.75) is 52.7 Å². The highest BCUT2D eigenvalue weighted by atomic mass is 16.5. The van der Waals surface area contributed by atoms with E-state index in [2.05, 4.69) is 28.8 Å². The molecule has 0 aliphatic rings. The number of hydrogen-bond acceptors (Lipinski definition) is 4. The second-order valence-corrected chi connectivity index (χ2v) is 5.27. The van der Waals surface area contributed by atoms with E-state index in [1.807, 2.05) is 13.8 Å². The monoisotopic (exact) mass is 274 g/mol. The van der Waals surface area contributed by atoms with E-state index in [9.17, 15) is 9.90 Å². The fraction of sp³-hybridized carbons (Fsp3) is 0.929. The molecule has 0 fully saturated rings. The molecule has 1 amide bonds. The van der Waals surface area contributed by atoms with Gasteiger partial charge < -0.3 is 20.1 Å². The molecule has 0 aliphatic heterocycles. The maximum atomic E-state index is 11.3. The van der Waals surface area contributed by atoms with Crippen molar-refractivity contribution >= 4 is 6.09 Å². The zero-order valence-electron chi connectivity index (χ0n) is 13.0. The summed E-state index contributed by atoms with van der Waals surface area (Å²) >= 11 is 0. The first-order valence-corrected chi connectivity index (χ1v) is 7.21. The molecule has 5 nitrogen and oxygen atoms in total. The van der Waals surface area contributed by atoms with Crippen LogP contribution >= 0.6 is 0 Å². The lowest BCUT2D eigenvalue weighted by Crippen LogP contribution is -2.51. The Morgan fingerprint density at radius 1 is 1.26 bits per heavy atom. The summed E-state index contributed by atoms with van der Waals surface area (Å²) < 4.78 is 4.61. The summed E-state index contributed by atoms with van der Waals surface area (Å²) in [5.41, 5.74) is 0. The number of rotatable bonds is 9. The summed E-state index contributed by atoms with van der Waals surface area (Å²) in [4.78, 5) is 13.5. The number of carbonyl (C=O) groups excluding carboxylic acids is 1. The van der Waals surface area contributed by atoms with Gasteiger partial charge in [-0.15, -0.1) is 0 Å². The molecule has 2 atom stereocenters. The van der Waals surface area contributed by atoms with E-state index >= 15 is 0 Å². The van der Waals surface area contributed by atoms with Crippen LogP contribution in [0.5, 0.6) is 0 Å². The van der Waals surface area contributed by atoms with Gasteiger partial charge in [-0.05, 0) is 31.8 Å². The largest absolute Gasteiger partial charge is 0.453 e. The van der Waals surface area contributed by atoms with Crippen LogP contribution < -0.4 is 5.32 Å². The number of aliphatic hydroxyl groups is 1. The highest BCUT2D eigenvalue weighted by Crippen LogP contribution is 2.09. The standard InChI is InChI=1S/C14H30N2O3/c1-6-8-16(9-7-2)10-12(17)13(11(3)4)15-14(18)19-5/h11-13,17H,6-10H2,1-5H3,(H,15,18). The summed E-state index contributed by atoms with van der Waals surface area (Å²) in [6, 6.07) is -0.288. The third kappa shape index (κ3) is 7.38. The second kappa shape index (κ2) is 10.0. The summed E-state index contributed by atoms with van der Waals surface area (Å²) in [5, 5.41) is 13.1. The van der Waals surface area contributed by atoms with Crippen LogP contribution in [0.3, 0.4) is 0 Å². The lowest BCUT2D eigenvalue weighted by molar-refractivity contribution is 0.0606. The molecule has 0 rings (SSSR count). The number of amides is 1. The van der Waals surface area contributed by atoms with E-state index in [4.69, 9.17) is 0 Å². The molecule has 0 aromatic rings. The van der Waals surface area contributed by atoms with Crippen molar-refractivity contribution in [2.75, 3.05) is 26.7 Å². The Hall–Kier alpha value is -0.810. The van der Waals surface area contributed by atoms with Gasteiger partial charge >= 0.3 is 6.09 Å². The number of methoxy groups -OCH3 is 1. The number of aliphatic hydroxyl groups excluding tert-OH is 1. The molecule has 114 valence electrons. The van der Waals surface area contributed by atoms with Crippen LogP contribution in [0.4, 0.5) is 4.79 Å². The number of nitrogens with one attached hydrogen (secondary N) is 1. The van der Waals surface area contributed by atoms with Crippen LogP contribution in [0.1, 0.15) is 40.5 Å². The van der Waals surface area contributed by atoms with Gasteiger partial charge in [-0.25, -0.2) is 4.79 Å². The quantitative estimate of drug-likeness (QED) is 0.673. The summed E-state index contributed by atoms with van der Waals surface area (Å²) in [5.74, 6) is 0.152. The van der Waals surface area contributed by atoms with E-state index in [1.54, 1.807) is 0 Å². The van der Waals surface area contributed by atoms with Gasteiger partial charge in [0.15, 0.2) is 0 Å². The Morgan fingerprint density at radius 3 is 2.16 bits per heavy atom. The van der Waals surface area contributed by atoms with Crippen molar-refractivity contribution < 1.29 is 14.6 Å². The predicted octanol–water partition coefficient (Wildman–Crippen LogP) is 1.85. The molecule has 0 radical (unpaired) electrons. The van der Waals surface area contributed by atoms with Crippen molar-refractivity contribution in [1.82, 2.24) is 10.2 Å². The normalized spacial score (nSPS) is 14.5. The van der Waals surface area contributed by atoms with Crippen LogP contribution in [0.25, 0.3) is 0 Å². The van der Waals surface area contributed by atoms with Gasteiger partial charge in [0.05, 0.1) is 19.3 Å². The SMILES string of the molecule is CCCN(CCC)CC(O)C(NC(=O)OC)C(C)C. The molecule has 0 aromatic heterocycles. The Labute approximate surface area is 117 Å². The summed E-state index contributed by atoms with van der Waals surface area (Å²) in [6.07, 6.45) is 1.04. The predicted molar refractivity (Wildman–Crippen MR) is 77.2 cm³/mol. The molecule has 0 heterocycles. The maximum absolute atomic E-state index is 11.3. The number of carbonyl (C=O) groups is 1. The number of alkyl carbamates (subject to hydrolysis) is 1. The van der Waals surface area contributed by atoms with Crippen molar-refractivity contribution in [3.05, 3.63) is 0 Å². The molecular weight excluding hydrogens is 244 g/mol. The second-order valence-electron chi connectivity index (χ2n) is 5.27. The number of ether oxygens (including phenoxy) is 1. The first kappa shape index (κ1) is 18.2. The fourth-order valence-electron chi connectivity index (χ4n) is 2.21. The first-order valence-electron chi connectivity index (χ1n) is 7.21. The van der Waals surface area contributed by atoms with Crippen LogP contribution in [0, 0.1) is 5.92 Å². The highest BCUT2D eigenvalue weighted by molar-refractivity contribution is 5.67. The third-order valence-electron chi connectivity index (χ3n) is 3.13. The summed E-state index contributed by atoms with van der Waals surface area (Å²) in [6.45, 7) is 10.7. The molecule has 0 saturated heterocycles. The van der Waals surface area contributed by atoms with Crippen molar-refractivity contribution in [3.63, 3.8) is 0 Å². The molecular formula is C14H30N2O3. The molecule has 5 heteroatoms. The zero-order valence-corrected chi connectivity index (χ0v) is 13.0. The van der Waals surface area contributed by atoms with E-state index < -0.39 is 12.2 Å². The van der Waals surface area contributed by atoms with Crippen molar-refractivity contribution in [2.24, 2.45) is 5.92 Å².